The number of urea groups is 1. The second-order valence-electron chi connectivity index (χ2n) is 9.60. The van der Waals surface area contributed by atoms with Gasteiger partial charge in [0.15, 0.2) is 5.65 Å². The van der Waals surface area contributed by atoms with E-state index < -0.39 is 0 Å². The molecule has 1 atom stereocenters. The maximum atomic E-state index is 13.0. The van der Waals surface area contributed by atoms with Crippen molar-refractivity contribution in [1.82, 2.24) is 25.2 Å². The lowest BCUT2D eigenvalue weighted by Gasteiger charge is -2.37. The van der Waals surface area contributed by atoms with Crippen LogP contribution in [0.25, 0.3) is 5.65 Å². The molecule has 4 rings (SSSR count). The highest BCUT2D eigenvalue weighted by molar-refractivity contribution is 5.74. The Morgan fingerprint density at radius 2 is 1.85 bits per heavy atom. The van der Waals surface area contributed by atoms with Crippen LogP contribution in [0.3, 0.4) is 0 Å². The monoisotopic (exact) mass is 449 g/mol. The van der Waals surface area contributed by atoms with E-state index >= 15 is 0 Å². The lowest BCUT2D eigenvalue weighted by molar-refractivity contribution is 0.173. The first-order valence-corrected chi connectivity index (χ1v) is 12.0. The maximum Gasteiger partial charge on any atom is 0.315 e. The highest BCUT2D eigenvalue weighted by Gasteiger charge is 2.34. The number of methoxy groups -OCH3 is 1. The predicted molar refractivity (Wildman–Crippen MR) is 129 cm³/mol. The number of ether oxygens (including phenoxy) is 1. The fourth-order valence-corrected chi connectivity index (χ4v) is 4.97. The Kier molecular flexibility index (Phi) is 7.16. The van der Waals surface area contributed by atoms with Gasteiger partial charge in [0.05, 0.1) is 13.2 Å². The zero-order valence-corrected chi connectivity index (χ0v) is 19.9. The quantitative estimate of drug-likeness (QED) is 0.511. The van der Waals surface area contributed by atoms with E-state index in [0.29, 0.717) is 6.54 Å². The fraction of sp³-hybridized carbons (Fsp3) is 0.500. The van der Waals surface area contributed by atoms with Crippen molar-refractivity contribution in [3.63, 3.8) is 0 Å². The van der Waals surface area contributed by atoms with Gasteiger partial charge in [-0.25, -0.2) is 4.79 Å². The summed E-state index contributed by atoms with van der Waals surface area (Å²) in [5.74, 6) is 2.04. The molecule has 2 amide bonds. The number of carbonyl (C=O) groups is 1. The summed E-state index contributed by atoms with van der Waals surface area (Å²) in [4.78, 5) is 13.0. The number of hydrogen-bond acceptors (Lipinski definition) is 4. The van der Waals surface area contributed by atoms with Gasteiger partial charge in [-0.15, -0.1) is 10.2 Å². The summed E-state index contributed by atoms with van der Waals surface area (Å²) in [5.41, 5.74) is 1.94. The van der Waals surface area contributed by atoms with Crippen molar-refractivity contribution >= 4 is 11.7 Å². The van der Waals surface area contributed by atoms with Gasteiger partial charge < -0.3 is 15.4 Å². The Labute approximate surface area is 195 Å². The molecule has 1 fully saturated rings. The summed E-state index contributed by atoms with van der Waals surface area (Å²) < 4.78 is 7.33. The van der Waals surface area contributed by atoms with Crippen LogP contribution in [-0.4, -0.2) is 34.3 Å². The van der Waals surface area contributed by atoms with Crippen molar-refractivity contribution in [2.75, 3.05) is 13.7 Å². The SMILES string of the molecule is COc1ccc(C(NC(=O)NCC2(Cc3nnc4ccccn34)CCCCC2)C(C)C)cc1. The molecule has 7 nitrogen and oxygen atoms in total. The second-order valence-corrected chi connectivity index (χ2v) is 9.60. The first-order valence-electron chi connectivity index (χ1n) is 12.0. The van der Waals surface area contributed by atoms with Gasteiger partial charge in [0, 0.05) is 19.2 Å². The number of nitrogens with zero attached hydrogens (tertiary/aromatic N) is 3. The third kappa shape index (κ3) is 5.46. The Morgan fingerprint density at radius 1 is 1.09 bits per heavy atom. The average molecular weight is 450 g/mol. The van der Waals surface area contributed by atoms with Crippen LogP contribution >= 0.6 is 0 Å². The Morgan fingerprint density at radius 3 is 2.55 bits per heavy atom. The van der Waals surface area contributed by atoms with Crippen LogP contribution in [0.4, 0.5) is 4.79 Å². The van der Waals surface area contributed by atoms with Crippen molar-refractivity contribution in [1.29, 1.82) is 0 Å². The predicted octanol–water partition coefficient (Wildman–Crippen LogP) is 4.93. The Balaban J connectivity index is 1.44. The van der Waals surface area contributed by atoms with E-state index in [-0.39, 0.29) is 23.4 Å². The summed E-state index contributed by atoms with van der Waals surface area (Å²) in [6, 6.07) is 13.7. The highest BCUT2D eigenvalue weighted by atomic mass is 16.5. The first-order chi connectivity index (χ1) is 16.0. The molecule has 1 saturated carbocycles. The molecule has 176 valence electrons. The lowest BCUT2D eigenvalue weighted by atomic mass is 9.71. The van der Waals surface area contributed by atoms with Gasteiger partial charge in [-0.3, -0.25) is 4.40 Å². The molecule has 0 spiro atoms. The normalized spacial score (nSPS) is 16.5. The van der Waals surface area contributed by atoms with E-state index in [1.807, 2.05) is 48.7 Å². The van der Waals surface area contributed by atoms with Crippen LogP contribution in [0, 0.1) is 11.3 Å². The molecule has 1 aromatic carbocycles. The molecule has 1 unspecified atom stereocenters. The molecular weight excluding hydrogens is 414 g/mol. The summed E-state index contributed by atoms with van der Waals surface area (Å²) in [6.07, 6.45) is 8.61. The largest absolute Gasteiger partial charge is 0.497 e. The smallest absolute Gasteiger partial charge is 0.315 e. The zero-order valence-electron chi connectivity index (χ0n) is 19.9. The lowest BCUT2D eigenvalue weighted by Crippen LogP contribution is -2.46. The molecule has 0 saturated heterocycles. The number of aromatic nitrogens is 3. The number of rotatable bonds is 8. The number of nitrogens with one attached hydrogen (secondary N) is 2. The third-order valence-corrected chi connectivity index (χ3v) is 6.88. The van der Waals surface area contributed by atoms with Crippen LogP contribution in [0.1, 0.15) is 63.4 Å². The van der Waals surface area contributed by atoms with Crippen molar-refractivity contribution in [3.05, 3.63) is 60.0 Å². The molecule has 2 aromatic heterocycles. The number of amides is 2. The minimum absolute atomic E-state index is 0.00182. The molecule has 2 heterocycles. The van der Waals surface area contributed by atoms with Crippen LogP contribution < -0.4 is 15.4 Å². The van der Waals surface area contributed by atoms with Crippen molar-refractivity contribution in [2.45, 2.75) is 58.4 Å². The molecule has 1 aliphatic carbocycles. The standard InChI is InChI=1S/C26H35N5O2/c1-19(2)24(20-10-12-21(33-3)13-11-20)28-25(32)27-18-26(14-6-4-7-15-26)17-23-30-29-22-9-5-8-16-31(22)23/h5,8-13,16,19,24H,4,6-7,14-15,17-18H2,1-3H3,(H2,27,28,32). The molecule has 7 heteroatoms. The van der Waals surface area contributed by atoms with Crippen molar-refractivity contribution in [3.8, 4) is 5.75 Å². The molecule has 0 radical (unpaired) electrons. The van der Waals surface area contributed by atoms with Gasteiger partial charge in [0.25, 0.3) is 0 Å². The minimum atomic E-state index is -0.124. The maximum absolute atomic E-state index is 13.0. The fourth-order valence-electron chi connectivity index (χ4n) is 4.97. The molecular formula is C26H35N5O2. The van der Waals surface area contributed by atoms with E-state index in [1.165, 1.54) is 19.3 Å². The summed E-state index contributed by atoms with van der Waals surface area (Å²) >= 11 is 0. The average Bonchev–Trinajstić information content (AvgIpc) is 3.24. The van der Waals surface area contributed by atoms with E-state index in [0.717, 1.165) is 42.0 Å². The van der Waals surface area contributed by atoms with Crippen molar-refractivity contribution in [2.24, 2.45) is 11.3 Å². The van der Waals surface area contributed by atoms with Gasteiger partial charge in [-0.2, -0.15) is 0 Å². The van der Waals surface area contributed by atoms with Gasteiger partial charge in [-0.1, -0.05) is 51.3 Å². The molecule has 3 aromatic rings. The van der Waals surface area contributed by atoms with Gasteiger partial charge in [-0.05, 0) is 54.0 Å². The van der Waals surface area contributed by atoms with Gasteiger partial charge in [0.2, 0.25) is 0 Å². The van der Waals surface area contributed by atoms with Crippen LogP contribution in [0.5, 0.6) is 5.75 Å². The number of fused-ring (bicyclic) bond motifs is 1. The number of hydrogen-bond donors (Lipinski definition) is 2. The first kappa shape index (κ1) is 23.1. The molecule has 0 bridgehead atoms. The second kappa shape index (κ2) is 10.2. The Bertz CT molecular complexity index is 1050. The number of carbonyl (C=O) groups excluding carboxylic acids is 1. The molecule has 0 aliphatic heterocycles. The Hall–Kier alpha value is -3.09. The molecule has 2 N–H and O–H groups in total. The van der Waals surface area contributed by atoms with E-state index in [1.54, 1.807) is 7.11 Å². The van der Waals surface area contributed by atoms with Gasteiger partial charge in [0.1, 0.15) is 11.6 Å². The summed E-state index contributed by atoms with van der Waals surface area (Å²) in [7, 11) is 1.66. The summed E-state index contributed by atoms with van der Waals surface area (Å²) in [5, 5.41) is 15.2. The molecule has 33 heavy (non-hydrogen) atoms. The van der Waals surface area contributed by atoms with Gasteiger partial charge >= 0.3 is 6.03 Å². The van der Waals surface area contributed by atoms with Crippen LogP contribution in [0.15, 0.2) is 48.7 Å². The highest BCUT2D eigenvalue weighted by Crippen LogP contribution is 2.38. The van der Waals surface area contributed by atoms with E-state index in [4.69, 9.17) is 4.74 Å². The third-order valence-electron chi connectivity index (χ3n) is 6.88. The number of benzene rings is 1. The minimum Gasteiger partial charge on any atom is -0.497 e. The van der Waals surface area contributed by atoms with Crippen LogP contribution in [-0.2, 0) is 6.42 Å². The molecule has 1 aliphatic rings. The zero-order chi connectivity index (χ0) is 23.3. The van der Waals surface area contributed by atoms with Crippen molar-refractivity contribution < 1.29 is 9.53 Å². The topological polar surface area (TPSA) is 80.5 Å². The van der Waals surface area contributed by atoms with E-state index in [9.17, 15) is 4.79 Å². The van der Waals surface area contributed by atoms with E-state index in [2.05, 4.69) is 39.1 Å². The summed E-state index contributed by atoms with van der Waals surface area (Å²) in [6.45, 7) is 4.87. The van der Waals surface area contributed by atoms with Crippen LogP contribution in [0.2, 0.25) is 0 Å². The number of pyridine rings is 1.